The van der Waals surface area contributed by atoms with Crippen LogP contribution in [0.3, 0.4) is 0 Å². The molecule has 1 aromatic carbocycles. The number of anilines is 2. The van der Waals surface area contributed by atoms with Gasteiger partial charge in [0.05, 0.1) is 23.2 Å². The van der Waals surface area contributed by atoms with Gasteiger partial charge in [0.25, 0.3) is 5.56 Å². The zero-order chi connectivity index (χ0) is 18.6. The Balaban J connectivity index is 1.76. The minimum Gasteiger partial charge on any atom is -0.299 e. The molecule has 26 heavy (non-hydrogen) atoms. The van der Waals surface area contributed by atoms with Crippen LogP contribution < -0.4 is 21.7 Å². The number of nitrogens with zero attached hydrogens (tertiary/aromatic N) is 4. The number of amides is 1. The molecule has 0 spiro atoms. The van der Waals surface area contributed by atoms with E-state index in [1.54, 1.807) is 29.6 Å². The lowest BCUT2D eigenvalue weighted by molar-refractivity contribution is -0.120. The van der Waals surface area contributed by atoms with Crippen molar-refractivity contribution in [3.63, 3.8) is 0 Å². The molecule has 0 saturated carbocycles. The number of fused-ring (bicyclic) bond motifs is 2. The first-order valence-corrected chi connectivity index (χ1v) is 8.86. The summed E-state index contributed by atoms with van der Waals surface area (Å²) in [6.45, 7) is 0. The number of rotatable bonds is 2. The predicted molar refractivity (Wildman–Crippen MR) is 101 cm³/mol. The van der Waals surface area contributed by atoms with Crippen molar-refractivity contribution in [1.29, 1.82) is 0 Å². The molecule has 3 heterocycles. The van der Waals surface area contributed by atoms with E-state index < -0.39 is 0 Å². The van der Waals surface area contributed by atoms with Gasteiger partial charge in [-0.25, -0.2) is 9.80 Å². The van der Waals surface area contributed by atoms with Gasteiger partial charge in [0.2, 0.25) is 5.91 Å². The van der Waals surface area contributed by atoms with E-state index in [9.17, 15) is 14.4 Å². The van der Waals surface area contributed by atoms with Gasteiger partial charge in [-0.1, -0.05) is 12.1 Å². The Kier molecular flexibility index (Phi) is 3.70. The lowest BCUT2D eigenvalue weighted by Gasteiger charge is -2.23. The lowest BCUT2D eigenvalue weighted by Crippen LogP contribution is -2.43. The monoisotopic (exact) mass is 371 g/mol. The van der Waals surface area contributed by atoms with Crippen LogP contribution >= 0.6 is 11.3 Å². The number of carbonyl (C=O) groups excluding carboxylic acids is 1. The molecule has 0 bridgehead atoms. The number of thiophene rings is 1. The summed E-state index contributed by atoms with van der Waals surface area (Å²) in [7, 11) is 4.83. The Hall–Kier alpha value is -2.91. The van der Waals surface area contributed by atoms with Crippen molar-refractivity contribution in [2.45, 2.75) is 6.42 Å². The summed E-state index contributed by atoms with van der Waals surface area (Å²) in [5.74, 6) is -0.166. The van der Waals surface area contributed by atoms with Crippen molar-refractivity contribution in [1.82, 2.24) is 14.3 Å². The van der Waals surface area contributed by atoms with Gasteiger partial charge in [-0.3, -0.25) is 24.1 Å². The largest absolute Gasteiger partial charge is 0.331 e. The highest BCUT2D eigenvalue weighted by atomic mass is 32.1. The molecule has 0 saturated heterocycles. The summed E-state index contributed by atoms with van der Waals surface area (Å²) in [5, 5.41) is 5.37. The Labute approximate surface area is 152 Å². The van der Waals surface area contributed by atoms with E-state index in [0.29, 0.717) is 15.8 Å². The number of carbonyl (C=O) groups is 1. The van der Waals surface area contributed by atoms with Crippen molar-refractivity contribution >= 4 is 38.8 Å². The summed E-state index contributed by atoms with van der Waals surface area (Å²) in [4.78, 5) is 38.2. The third-order valence-electron chi connectivity index (χ3n) is 4.54. The fraction of sp³-hybridized carbons (Fsp3) is 0.235. The summed E-state index contributed by atoms with van der Waals surface area (Å²) in [6, 6.07) is 7.51. The maximum atomic E-state index is 12.9. The average molecular weight is 371 g/mol. The number of para-hydroxylation sites is 2. The molecule has 4 rings (SSSR count). The maximum absolute atomic E-state index is 12.9. The van der Waals surface area contributed by atoms with Crippen LogP contribution in [0, 0.1) is 0 Å². The summed E-state index contributed by atoms with van der Waals surface area (Å²) < 4.78 is 2.51. The Bertz CT molecular complexity index is 1160. The van der Waals surface area contributed by atoms with E-state index >= 15 is 0 Å². The van der Waals surface area contributed by atoms with E-state index in [1.165, 1.54) is 23.0 Å². The van der Waals surface area contributed by atoms with Gasteiger partial charge in [0.1, 0.15) is 4.83 Å². The first-order valence-electron chi connectivity index (χ1n) is 7.98. The van der Waals surface area contributed by atoms with E-state index in [1.807, 2.05) is 24.3 Å². The number of hydrogen-bond donors (Lipinski definition) is 1. The molecule has 0 fully saturated rings. The normalized spacial score (nSPS) is 13.9. The third kappa shape index (κ3) is 2.28. The summed E-state index contributed by atoms with van der Waals surface area (Å²) in [6.07, 6.45) is 0.0633. The Morgan fingerprint density at radius 3 is 2.62 bits per heavy atom. The molecular formula is C17H17N5O3S. The standard InChI is InChI=1S/C17H17N5O3S/c1-19-15(24)14-10(9-26-16(14)20(2)17(19)25)8-13(23)22-12-7-5-4-6-11(12)18-21(22)3/h4-7,9,18H,8H2,1-3H3. The van der Waals surface area contributed by atoms with Crippen LogP contribution in [0.1, 0.15) is 5.56 Å². The lowest BCUT2D eigenvalue weighted by atomic mass is 10.1. The molecular weight excluding hydrogens is 354 g/mol. The topological polar surface area (TPSA) is 79.6 Å². The molecule has 2 aromatic heterocycles. The quantitative estimate of drug-likeness (QED) is 0.729. The first-order chi connectivity index (χ1) is 12.4. The third-order valence-corrected chi connectivity index (χ3v) is 5.64. The second-order valence-electron chi connectivity index (χ2n) is 6.18. The van der Waals surface area contributed by atoms with Gasteiger partial charge in [0.15, 0.2) is 0 Å². The van der Waals surface area contributed by atoms with Crippen LogP contribution in [0.25, 0.3) is 10.2 Å². The van der Waals surface area contributed by atoms with Crippen molar-refractivity contribution in [3.8, 4) is 0 Å². The van der Waals surface area contributed by atoms with E-state index in [4.69, 9.17) is 0 Å². The number of hydrazine groups is 2. The van der Waals surface area contributed by atoms with Gasteiger partial charge in [-0.15, -0.1) is 16.5 Å². The molecule has 3 aromatic rings. The number of hydrogen-bond acceptors (Lipinski definition) is 6. The van der Waals surface area contributed by atoms with Gasteiger partial charge in [-0.05, 0) is 23.1 Å². The fourth-order valence-electron chi connectivity index (χ4n) is 3.23. The van der Waals surface area contributed by atoms with Crippen molar-refractivity contribution in [2.75, 3.05) is 17.5 Å². The molecule has 0 aliphatic carbocycles. The van der Waals surface area contributed by atoms with Crippen molar-refractivity contribution in [2.24, 2.45) is 14.1 Å². The molecule has 1 N–H and O–H groups in total. The number of aryl methyl sites for hydroxylation is 1. The zero-order valence-electron chi connectivity index (χ0n) is 14.5. The first kappa shape index (κ1) is 16.6. The van der Waals surface area contributed by atoms with Gasteiger partial charge in [-0.2, -0.15) is 0 Å². The van der Waals surface area contributed by atoms with Crippen LogP contribution in [-0.2, 0) is 25.3 Å². The van der Waals surface area contributed by atoms with Gasteiger partial charge < -0.3 is 0 Å². The predicted octanol–water partition coefficient (Wildman–Crippen LogP) is 1.06. The van der Waals surface area contributed by atoms with Crippen LogP contribution in [0.4, 0.5) is 11.4 Å². The highest BCUT2D eigenvalue weighted by molar-refractivity contribution is 7.17. The molecule has 9 heteroatoms. The Morgan fingerprint density at radius 1 is 1.12 bits per heavy atom. The maximum Gasteiger partial charge on any atom is 0.331 e. The van der Waals surface area contributed by atoms with Crippen molar-refractivity contribution < 1.29 is 4.79 Å². The highest BCUT2D eigenvalue weighted by Gasteiger charge is 2.30. The average Bonchev–Trinajstić information content (AvgIpc) is 3.18. The molecule has 0 radical (unpaired) electrons. The van der Waals surface area contributed by atoms with Crippen molar-refractivity contribution in [3.05, 3.63) is 56.0 Å². The molecule has 1 aliphatic heterocycles. The van der Waals surface area contributed by atoms with E-state index in [-0.39, 0.29) is 23.6 Å². The minimum atomic E-state index is -0.375. The smallest absolute Gasteiger partial charge is 0.299 e. The number of benzene rings is 1. The van der Waals surface area contributed by atoms with Crippen LogP contribution in [-0.4, -0.2) is 27.2 Å². The summed E-state index contributed by atoms with van der Waals surface area (Å²) in [5.41, 5.74) is 4.60. The Morgan fingerprint density at radius 2 is 1.85 bits per heavy atom. The van der Waals surface area contributed by atoms with E-state index in [2.05, 4.69) is 5.43 Å². The number of nitrogens with one attached hydrogen (secondary N) is 1. The van der Waals surface area contributed by atoms with Crippen LogP contribution in [0.2, 0.25) is 0 Å². The van der Waals surface area contributed by atoms with Crippen LogP contribution in [0.15, 0.2) is 39.2 Å². The molecule has 8 nitrogen and oxygen atoms in total. The second-order valence-corrected chi connectivity index (χ2v) is 7.04. The highest BCUT2D eigenvalue weighted by Crippen LogP contribution is 2.33. The van der Waals surface area contributed by atoms with Crippen LogP contribution in [0.5, 0.6) is 0 Å². The van der Waals surface area contributed by atoms with Gasteiger partial charge in [0, 0.05) is 21.1 Å². The van der Waals surface area contributed by atoms with E-state index in [0.717, 1.165) is 15.9 Å². The molecule has 1 amide bonds. The molecule has 134 valence electrons. The minimum absolute atomic E-state index is 0.0633. The summed E-state index contributed by atoms with van der Waals surface area (Å²) >= 11 is 1.30. The molecule has 0 atom stereocenters. The SMILES string of the molecule is CN1Nc2ccccc2N1C(=O)Cc1csc2c1c(=O)n(C)c(=O)n2C. The zero-order valence-corrected chi connectivity index (χ0v) is 15.3. The fourth-order valence-corrected chi connectivity index (χ4v) is 4.26. The number of aromatic nitrogens is 2. The molecule has 0 unspecified atom stereocenters. The molecule has 1 aliphatic rings. The van der Waals surface area contributed by atoms with Gasteiger partial charge >= 0.3 is 5.69 Å². The second kappa shape index (κ2) is 5.82.